The summed E-state index contributed by atoms with van der Waals surface area (Å²) in [5, 5.41) is 3.04. The van der Waals surface area contributed by atoms with Gasteiger partial charge in [-0.05, 0) is 31.8 Å². The van der Waals surface area contributed by atoms with Crippen LogP contribution in [0.2, 0.25) is 0 Å². The highest BCUT2D eigenvalue weighted by Gasteiger charge is 2.31. The van der Waals surface area contributed by atoms with Crippen LogP contribution >= 0.6 is 0 Å². The third kappa shape index (κ3) is 4.40. The van der Waals surface area contributed by atoms with Crippen molar-refractivity contribution in [2.24, 2.45) is 4.40 Å². The van der Waals surface area contributed by atoms with Crippen LogP contribution < -0.4 is 5.32 Å². The average Bonchev–Trinajstić information content (AvgIpc) is 2.93. The molecule has 3 rings (SSSR count). The summed E-state index contributed by atoms with van der Waals surface area (Å²) in [5.74, 6) is 0.0808. The minimum absolute atomic E-state index is 0.000546. The highest BCUT2D eigenvalue weighted by atomic mass is 32.2. The number of likely N-dealkylation sites (N-methyl/N-ethyl adjacent to an activating group) is 2. The van der Waals surface area contributed by atoms with Gasteiger partial charge in [-0.1, -0.05) is 42.5 Å². The number of sulfonamides is 1. The number of carbonyl (C=O) groups is 1. The number of nitrogens with zero attached hydrogens (tertiary/aromatic N) is 3. The fraction of sp³-hybridized carbons (Fsp3) is 0.300. The van der Waals surface area contributed by atoms with Gasteiger partial charge < -0.3 is 15.1 Å². The van der Waals surface area contributed by atoms with E-state index in [1.807, 2.05) is 49.3 Å². The van der Waals surface area contributed by atoms with E-state index in [1.54, 1.807) is 30.1 Å². The summed E-state index contributed by atoms with van der Waals surface area (Å²) in [5.41, 5.74) is 1.53. The normalized spacial score (nSPS) is 15.6. The molecule has 0 aliphatic carbocycles. The molecule has 2 aromatic rings. The molecule has 1 atom stereocenters. The molecule has 1 aliphatic rings. The van der Waals surface area contributed by atoms with Gasteiger partial charge in [-0.3, -0.25) is 4.79 Å². The van der Waals surface area contributed by atoms with Crippen LogP contribution in [0.15, 0.2) is 63.9 Å². The molecule has 1 heterocycles. The zero-order chi connectivity index (χ0) is 20.3. The molecule has 0 saturated heterocycles. The lowest BCUT2D eigenvalue weighted by Crippen LogP contribution is -2.42. The number of nitrogens with one attached hydrogen (secondary N) is 1. The van der Waals surface area contributed by atoms with Crippen LogP contribution in [0.4, 0.5) is 0 Å². The van der Waals surface area contributed by atoms with Crippen LogP contribution in [-0.2, 0) is 14.8 Å². The van der Waals surface area contributed by atoms with Gasteiger partial charge in [0.25, 0.3) is 10.0 Å². The van der Waals surface area contributed by atoms with Crippen LogP contribution in [0, 0.1) is 0 Å². The van der Waals surface area contributed by atoms with Crippen LogP contribution in [0.5, 0.6) is 0 Å². The minimum Gasteiger partial charge on any atom is -0.349 e. The predicted octanol–water partition coefficient (Wildman–Crippen LogP) is 1.49. The van der Waals surface area contributed by atoms with Crippen molar-refractivity contribution in [2.75, 3.05) is 34.2 Å². The minimum atomic E-state index is -3.71. The molecular formula is C20H24N4O3S. The molecule has 148 valence electrons. The van der Waals surface area contributed by atoms with E-state index in [4.69, 9.17) is 0 Å². The Morgan fingerprint density at radius 2 is 1.68 bits per heavy atom. The van der Waals surface area contributed by atoms with E-state index >= 15 is 0 Å². The van der Waals surface area contributed by atoms with E-state index in [0.29, 0.717) is 12.1 Å². The van der Waals surface area contributed by atoms with Gasteiger partial charge in [-0.15, -0.1) is 4.40 Å². The van der Waals surface area contributed by atoms with Crippen LogP contribution in [0.1, 0.15) is 17.2 Å². The van der Waals surface area contributed by atoms with Crippen molar-refractivity contribution >= 4 is 21.8 Å². The summed E-state index contributed by atoms with van der Waals surface area (Å²) >= 11 is 0. The molecule has 0 bridgehead atoms. The second kappa shape index (κ2) is 8.12. The van der Waals surface area contributed by atoms with E-state index in [9.17, 15) is 13.2 Å². The van der Waals surface area contributed by atoms with E-state index in [0.717, 1.165) is 5.56 Å². The monoisotopic (exact) mass is 400 g/mol. The number of benzene rings is 2. The predicted molar refractivity (Wildman–Crippen MR) is 109 cm³/mol. The van der Waals surface area contributed by atoms with Gasteiger partial charge >= 0.3 is 0 Å². The Labute approximate surface area is 165 Å². The molecular weight excluding hydrogens is 376 g/mol. The molecule has 0 saturated carbocycles. The summed E-state index contributed by atoms with van der Waals surface area (Å²) in [6.45, 7) is 0.650. The lowest BCUT2D eigenvalue weighted by Gasteiger charge is -2.25. The maximum absolute atomic E-state index is 12.7. The Bertz CT molecular complexity index is 988. The first-order valence-electron chi connectivity index (χ1n) is 8.92. The fourth-order valence-electron chi connectivity index (χ4n) is 3.18. The van der Waals surface area contributed by atoms with E-state index < -0.39 is 10.0 Å². The lowest BCUT2D eigenvalue weighted by atomic mass is 10.1. The summed E-state index contributed by atoms with van der Waals surface area (Å²) in [7, 11) is 1.85. The van der Waals surface area contributed by atoms with Gasteiger partial charge in [-0.25, -0.2) is 0 Å². The van der Waals surface area contributed by atoms with E-state index in [1.165, 1.54) is 6.07 Å². The molecule has 8 heteroatoms. The van der Waals surface area contributed by atoms with Crippen molar-refractivity contribution < 1.29 is 13.2 Å². The largest absolute Gasteiger partial charge is 0.349 e. The molecule has 0 unspecified atom stereocenters. The SMILES string of the molecule is CN(C)C[C@H](NC(=O)CN(C)C1=NS(=O)(=O)c2ccccc21)c1ccccc1. The molecule has 0 fully saturated rings. The Balaban J connectivity index is 1.74. The molecule has 2 aromatic carbocycles. The van der Waals surface area contributed by atoms with Gasteiger partial charge in [0.15, 0.2) is 5.84 Å². The van der Waals surface area contributed by atoms with Crippen molar-refractivity contribution in [3.05, 3.63) is 65.7 Å². The Hall–Kier alpha value is -2.71. The fourth-order valence-corrected chi connectivity index (χ4v) is 4.43. The third-order valence-corrected chi connectivity index (χ3v) is 5.76. The maximum Gasteiger partial charge on any atom is 0.285 e. The second-order valence-electron chi connectivity index (χ2n) is 7.04. The quantitative estimate of drug-likeness (QED) is 0.794. The molecule has 0 radical (unpaired) electrons. The molecule has 1 amide bonds. The van der Waals surface area contributed by atoms with Crippen molar-refractivity contribution in [1.29, 1.82) is 0 Å². The van der Waals surface area contributed by atoms with Crippen molar-refractivity contribution in [2.45, 2.75) is 10.9 Å². The first-order valence-corrected chi connectivity index (χ1v) is 10.4. The summed E-state index contributed by atoms with van der Waals surface area (Å²) in [6, 6.07) is 16.2. The Kier molecular flexibility index (Phi) is 5.81. The molecule has 0 aromatic heterocycles. The number of carbonyl (C=O) groups excluding carboxylic acids is 1. The topological polar surface area (TPSA) is 82.1 Å². The number of hydrogen-bond acceptors (Lipinski definition) is 5. The Morgan fingerprint density at radius 1 is 1.04 bits per heavy atom. The third-order valence-electron chi connectivity index (χ3n) is 4.44. The average molecular weight is 401 g/mol. The van der Waals surface area contributed by atoms with Crippen LogP contribution in [0.25, 0.3) is 0 Å². The second-order valence-corrected chi connectivity index (χ2v) is 8.61. The number of amides is 1. The van der Waals surface area contributed by atoms with Crippen molar-refractivity contribution in [3.63, 3.8) is 0 Å². The van der Waals surface area contributed by atoms with Gasteiger partial charge in [0.1, 0.15) is 4.90 Å². The maximum atomic E-state index is 12.7. The summed E-state index contributed by atoms with van der Waals surface area (Å²) < 4.78 is 28.3. The van der Waals surface area contributed by atoms with Crippen LogP contribution in [0.3, 0.4) is 0 Å². The number of rotatable bonds is 6. The number of fused-ring (bicyclic) bond motifs is 1. The molecule has 0 spiro atoms. The molecule has 28 heavy (non-hydrogen) atoms. The van der Waals surface area contributed by atoms with Crippen molar-refractivity contribution in [3.8, 4) is 0 Å². The first-order chi connectivity index (χ1) is 13.3. The number of amidine groups is 1. The summed E-state index contributed by atoms with van der Waals surface area (Å²) in [6.07, 6.45) is 0. The number of hydrogen-bond donors (Lipinski definition) is 1. The molecule has 1 aliphatic heterocycles. The van der Waals surface area contributed by atoms with Crippen LogP contribution in [-0.4, -0.2) is 64.2 Å². The molecule has 1 N–H and O–H groups in total. The lowest BCUT2D eigenvalue weighted by molar-refractivity contribution is -0.122. The Morgan fingerprint density at radius 3 is 2.36 bits per heavy atom. The van der Waals surface area contributed by atoms with Gasteiger partial charge in [0, 0.05) is 19.2 Å². The summed E-state index contributed by atoms with van der Waals surface area (Å²) in [4.78, 5) is 16.4. The zero-order valence-electron chi connectivity index (χ0n) is 16.2. The zero-order valence-corrected chi connectivity index (χ0v) is 17.0. The van der Waals surface area contributed by atoms with E-state index in [2.05, 4.69) is 9.71 Å². The molecule has 7 nitrogen and oxygen atoms in total. The van der Waals surface area contributed by atoms with Crippen molar-refractivity contribution in [1.82, 2.24) is 15.1 Å². The van der Waals surface area contributed by atoms with Gasteiger partial charge in [0.2, 0.25) is 5.91 Å². The van der Waals surface area contributed by atoms with Gasteiger partial charge in [-0.2, -0.15) is 8.42 Å². The highest BCUT2D eigenvalue weighted by molar-refractivity contribution is 7.90. The van der Waals surface area contributed by atoms with Gasteiger partial charge in [0.05, 0.1) is 12.6 Å². The van der Waals surface area contributed by atoms with E-state index in [-0.39, 0.29) is 29.2 Å². The standard InChI is InChI=1S/C20H24N4O3S/c1-23(2)13-17(15-9-5-4-6-10-15)21-19(25)14-24(3)20-16-11-7-8-12-18(16)28(26,27)22-20/h4-12,17H,13-14H2,1-3H3,(H,21,25)/t17-/m0/s1. The first kappa shape index (κ1) is 20.0. The smallest absolute Gasteiger partial charge is 0.285 e. The highest BCUT2D eigenvalue weighted by Crippen LogP contribution is 2.26.